The molecule has 2 aliphatic rings. The van der Waals surface area contributed by atoms with Crippen molar-refractivity contribution in [2.24, 2.45) is 0 Å². The fourth-order valence-electron chi connectivity index (χ4n) is 3.93. The molecule has 4 heterocycles. The van der Waals surface area contributed by atoms with Gasteiger partial charge in [-0.05, 0) is 37.1 Å². The number of urea groups is 1. The molecule has 142 valence electrons. The van der Waals surface area contributed by atoms with Crippen LogP contribution in [0.1, 0.15) is 12.8 Å². The first-order chi connectivity index (χ1) is 13.7. The average Bonchev–Trinajstić information content (AvgIpc) is 3.32. The van der Waals surface area contributed by atoms with Crippen molar-refractivity contribution >= 4 is 29.1 Å². The summed E-state index contributed by atoms with van der Waals surface area (Å²) in [6, 6.07) is 12.8. The van der Waals surface area contributed by atoms with Crippen LogP contribution in [0.5, 0.6) is 0 Å². The number of amides is 3. The number of hydrogen-bond donors (Lipinski definition) is 0. The van der Waals surface area contributed by atoms with E-state index in [2.05, 4.69) is 20.2 Å². The van der Waals surface area contributed by atoms with Crippen molar-refractivity contribution in [3.05, 3.63) is 48.8 Å². The van der Waals surface area contributed by atoms with Crippen LogP contribution in [0.25, 0.3) is 5.65 Å². The Kier molecular flexibility index (Phi) is 3.92. The number of anilines is 2. The topological polar surface area (TPSA) is 86.9 Å². The largest absolute Gasteiger partial charge is 0.355 e. The highest BCUT2D eigenvalue weighted by atomic mass is 16.2. The maximum absolute atomic E-state index is 12.9. The molecule has 5 rings (SSSR count). The molecule has 0 radical (unpaired) electrons. The SMILES string of the molecule is O=C1CN(C2CCN(c3ccc4nncn4n3)CC2)C(=O)N1c1ccccc1. The van der Waals surface area contributed by atoms with Gasteiger partial charge in [0, 0.05) is 19.1 Å². The predicted molar refractivity (Wildman–Crippen MR) is 102 cm³/mol. The first kappa shape index (κ1) is 16.7. The summed E-state index contributed by atoms with van der Waals surface area (Å²) in [5, 5.41) is 12.4. The summed E-state index contributed by atoms with van der Waals surface area (Å²) in [4.78, 5) is 30.5. The molecule has 9 nitrogen and oxygen atoms in total. The molecule has 0 bridgehead atoms. The van der Waals surface area contributed by atoms with Crippen molar-refractivity contribution in [3.63, 3.8) is 0 Å². The standard InChI is InChI=1S/C19H19N7O2/c27-18-12-24(19(28)26(18)15-4-2-1-3-5-15)14-8-10-23(11-9-14)17-7-6-16-21-20-13-25(16)22-17/h1-7,13-14H,8-12H2. The minimum atomic E-state index is -0.223. The van der Waals surface area contributed by atoms with E-state index in [0.717, 1.165) is 31.7 Å². The number of carbonyl (C=O) groups is 2. The molecule has 28 heavy (non-hydrogen) atoms. The summed E-state index contributed by atoms with van der Waals surface area (Å²) in [5.74, 6) is 0.693. The van der Waals surface area contributed by atoms with Crippen LogP contribution >= 0.6 is 0 Å². The van der Waals surface area contributed by atoms with Gasteiger partial charge in [0.15, 0.2) is 5.65 Å². The van der Waals surface area contributed by atoms with E-state index >= 15 is 0 Å². The Morgan fingerprint density at radius 2 is 1.75 bits per heavy atom. The van der Waals surface area contributed by atoms with Crippen molar-refractivity contribution in [2.75, 3.05) is 29.4 Å². The molecule has 0 saturated carbocycles. The van der Waals surface area contributed by atoms with Gasteiger partial charge in [0.2, 0.25) is 0 Å². The third-order valence-electron chi connectivity index (χ3n) is 5.38. The lowest BCUT2D eigenvalue weighted by atomic mass is 10.0. The fourth-order valence-corrected chi connectivity index (χ4v) is 3.93. The molecule has 3 aromatic rings. The first-order valence-corrected chi connectivity index (χ1v) is 9.31. The first-order valence-electron chi connectivity index (χ1n) is 9.31. The average molecular weight is 377 g/mol. The van der Waals surface area contributed by atoms with Crippen LogP contribution < -0.4 is 9.80 Å². The van der Waals surface area contributed by atoms with Crippen molar-refractivity contribution in [2.45, 2.75) is 18.9 Å². The zero-order chi connectivity index (χ0) is 19.1. The van der Waals surface area contributed by atoms with E-state index in [0.29, 0.717) is 11.3 Å². The molecule has 0 atom stereocenters. The van der Waals surface area contributed by atoms with Crippen LogP contribution in [-0.4, -0.2) is 62.3 Å². The van der Waals surface area contributed by atoms with Gasteiger partial charge in [-0.3, -0.25) is 4.79 Å². The van der Waals surface area contributed by atoms with Crippen molar-refractivity contribution in [1.82, 2.24) is 24.7 Å². The second kappa shape index (κ2) is 6.59. The molecule has 0 spiro atoms. The van der Waals surface area contributed by atoms with Gasteiger partial charge >= 0.3 is 6.03 Å². The van der Waals surface area contributed by atoms with E-state index in [1.807, 2.05) is 30.3 Å². The second-order valence-corrected chi connectivity index (χ2v) is 7.02. The minimum Gasteiger partial charge on any atom is -0.355 e. The van der Waals surface area contributed by atoms with Gasteiger partial charge in [0.05, 0.1) is 5.69 Å². The van der Waals surface area contributed by atoms with E-state index in [9.17, 15) is 9.59 Å². The van der Waals surface area contributed by atoms with Crippen LogP contribution in [0.4, 0.5) is 16.3 Å². The Hall–Kier alpha value is -3.49. The van der Waals surface area contributed by atoms with E-state index in [4.69, 9.17) is 0 Å². The van der Waals surface area contributed by atoms with E-state index in [1.165, 1.54) is 4.90 Å². The number of para-hydroxylation sites is 1. The van der Waals surface area contributed by atoms with Gasteiger partial charge < -0.3 is 9.80 Å². The number of carbonyl (C=O) groups excluding carboxylic acids is 2. The Morgan fingerprint density at radius 1 is 0.964 bits per heavy atom. The van der Waals surface area contributed by atoms with Crippen molar-refractivity contribution < 1.29 is 9.59 Å². The number of rotatable bonds is 3. The second-order valence-electron chi connectivity index (χ2n) is 7.02. The highest BCUT2D eigenvalue weighted by Crippen LogP contribution is 2.27. The lowest BCUT2D eigenvalue weighted by Crippen LogP contribution is -2.47. The zero-order valence-corrected chi connectivity index (χ0v) is 15.2. The summed E-state index contributed by atoms with van der Waals surface area (Å²) < 4.78 is 1.65. The third kappa shape index (κ3) is 2.75. The summed E-state index contributed by atoms with van der Waals surface area (Å²) in [6.45, 7) is 1.69. The summed E-state index contributed by atoms with van der Waals surface area (Å²) >= 11 is 0. The fraction of sp³-hybridized carbons (Fsp3) is 0.316. The molecule has 1 aromatic carbocycles. The van der Waals surface area contributed by atoms with Crippen LogP contribution in [0.3, 0.4) is 0 Å². The van der Waals surface area contributed by atoms with Crippen molar-refractivity contribution in [1.29, 1.82) is 0 Å². The maximum atomic E-state index is 12.9. The Bertz CT molecular complexity index is 1030. The van der Waals surface area contributed by atoms with Gasteiger partial charge in [0.1, 0.15) is 18.7 Å². The predicted octanol–water partition coefficient (Wildman–Crippen LogP) is 1.56. The van der Waals surface area contributed by atoms with E-state index in [-0.39, 0.29) is 24.5 Å². The molecule has 9 heteroatoms. The van der Waals surface area contributed by atoms with Gasteiger partial charge in [0.25, 0.3) is 5.91 Å². The highest BCUT2D eigenvalue weighted by molar-refractivity contribution is 6.19. The quantitative estimate of drug-likeness (QED) is 0.644. The van der Waals surface area contributed by atoms with Gasteiger partial charge in [-0.15, -0.1) is 15.3 Å². The molecule has 2 saturated heterocycles. The maximum Gasteiger partial charge on any atom is 0.332 e. The number of piperidine rings is 1. The number of fused-ring (bicyclic) bond motifs is 1. The van der Waals surface area contributed by atoms with E-state index in [1.54, 1.807) is 27.9 Å². The summed E-state index contributed by atoms with van der Waals surface area (Å²) in [7, 11) is 0. The molecule has 0 unspecified atom stereocenters. The van der Waals surface area contributed by atoms with Crippen LogP contribution in [0.2, 0.25) is 0 Å². The highest BCUT2D eigenvalue weighted by Gasteiger charge is 2.41. The zero-order valence-electron chi connectivity index (χ0n) is 15.2. The number of aromatic nitrogens is 4. The van der Waals surface area contributed by atoms with Crippen LogP contribution in [0, 0.1) is 0 Å². The molecular formula is C19H19N7O2. The Morgan fingerprint density at radius 3 is 2.54 bits per heavy atom. The number of hydrogen-bond acceptors (Lipinski definition) is 6. The van der Waals surface area contributed by atoms with Gasteiger partial charge in [-0.2, -0.15) is 4.52 Å². The van der Waals surface area contributed by atoms with Gasteiger partial charge in [-0.25, -0.2) is 9.69 Å². The minimum absolute atomic E-state index is 0.0556. The number of nitrogens with zero attached hydrogens (tertiary/aromatic N) is 7. The molecule has 0 aliphatic carbocycles. The molecule has 2 aliphatic heterocycles. The molecule has 3 amide bonds. The number of benzene rings is 1. The summed E-state index contributed by atoms with van der Waals surface area (Å²) in [5.41, 5.74) is 1.34. The van der Waals surface area contributed by atoms with E-state index < -0.39 is 0 Å². The Labute approximate surface area is 161 Å². The number of imide groups is 1. The lowest BCUT2D eigenvalue weighted by Gasteiger charge is -2.36. The molecular weight excluding hydrogens is 358 g/mol. The molecule has 0 N–H and O–H groups in total. The molecule has 2 aromatic heterocycles. The summed E-state index contributed by atoms with van der Waals surface area (Å²) in [6.07, 6.45) is 3.17. The van der Waals surface area contributed by atoms with Crippen LogP contribution in [0.15, 0.2) is 48.8 Å². The third-order valence-corrected chi connectivity index (χ3v) is 5.38. The normalized spacial score (nSPS) is 18.5. The lowest BCUT2D eigenvalue weighted by molar-refractivity contribution is -0.116. The Balaban J connectivity index is 1.28. The monoisotopic (exact) mass is 377 g/mol. The van der Waals surface area contributed by atoms with Crippen LogP contribution in [-0.2, 0) is 4.79 Å². The molecule has 2 fully saturated rings. The smallest absolute Gasteiger partial charge is 0.332 e. The van der Waals surface area contributed by atoms with Gasteiger partial charge in [-0.1, -0.05) is 18.2 Å². The van der Waals surface area contributed by atoms with Crippen molar-refractivity contribution in [3.8, 4) is 0 Å².